The fraction of sp³-hybridized carbons (Fsp3) is 0.231. The normalized spacial score (nSPS) is 17.5. The van der Waals surface area contributed by atoms with E-state index in [1.807, 2.05) is 61.7 Å². The monoisotopic (exact) mass is 488 g/mol. The number of rotatable bonds is 6. The number of imidazole rings is 1. The zero-order valence-electron chi connectivity index (χ0n) is 19.6. The molecule has 5 rings (SSSR count). The molecule has 1 amide bonds. The number of hydrogen-bond acceptors (Lipinski definition) is 7. The van der Waals surface area contributed by atoms with Crippen LogP contribution >= 0.6 is 11.3 Å². The first kappa shape index (κ1) is 22.8. The Morgan fingerprint density at radius 2 is 2.03 bits per heavy atom. The summed E-state index contributed by atoms with van der Waals surface area (Å²) in [6, 6.07) is 10.2. The maximum Gasteiger partial charge on any atom is 0.301 e. The van der Waals surface area contributed by atoms with Gasteiger partial charge in [0.15, 0.2) is 10.9 Å². The molecule has 1 atom stereocenters. The van der Waals surface area contributed by atoms with Gasteiger partial charge in [0.05, 0.1) is 23.9 Å². The topological polar surface area (TPSA) is 97.0 Å². The van der Waals surface area contributed by atoms with E-state index in [9.17, 15) is 14.7 Å². The van der Waals surface area contributed by atoms with Crippen LogP contribution in [0.2, 0.25) is 0 Å². The molecule has 1 aliphatic heterocycles. The van der Waals surface area contributed by atoms with E-state index >= 15 is 0 Å². The molecule has 1 aliphatic rings. The highest BCUT2D eigenvalue weighted by molar-refractivity contribution is 7.14. The number of ketones is 1. The third kappa shape index (κ3) is 3.77. The molecular weight excluding hydrogens is 464 g/mol. The van der Waals surface area contributed by atoms with Gasteiger partial charge in [0, 0.05) is 17.8 Å². The molecule has 9 heteroatoms. The van der Waals surface area contributed by atoms with E-state index in [0.29, 0.717) is 34.4 Å². The minimum Gasteiger partial charge on any atom is -0.505 e. The number of amides is 1. The Morgan fingerprint density at radius 3 is 2.74 bits per heavy atom. The lowest BCUT2D eigenvalue weighted by atomic mass is 9.96. The van der Waals surface area contributed by atoms with Crippen molar-refractivity contribution in [1.29, 1.82) is 0 Å². The molecular formula is C26H24N4O4S. The van der Waals surface area contributed by atoms with Crippen molar-refractivity contribution in [1.82, 2.24) is 14.4 Å². The van der Waals surface area contributed by atoms with Crippen LogP contribution < -0.4 is 9.64 Å². The summed E-state index contributed by atoms with van der Waals surface area (Å²) in [5.74, 6) is -1.22. The van der Waals surface area contributed by atoms with Gasteiger partial charge in [-0.1, -0.05) is 25.1 Å². The molecule has 1 aromatic carbocycles. The minimum atomic E-state index is -0.878. The van der Waals surface area contributed by atoms with E-state index in [-0.39, 0.29) is 17.0 Å². The molecule has 1 unspecified atom stereocenters. The van der Waals surface area contributed by atoms with Gasteiger partial charge < -0.3 is 14.2 Å². The van der Waals surface area contributed by atoms with Gasteiger partial charge in [0.1, 0.15) is 17.1 Å². The van der Waals surface area contributed by atoms with Crippen LogP contribution in [0.5, 0.6) is 5.75 Å². The SMILES string of the molecule is CCCOc1cccc(C2C(=C(O)c3nc4c(C)cccn4c3C)C(=O)C(=O)N2c2nccs2)c1. The molecule has 0 radical (unpaired) electrons. The third-order valence-electron chi connectivity index (χ3n) is 6.02. The number of aliphatic hydroxyl groups excluding tert-OH is 1. The summed E-state index contributed by atoms with van der Waals surface area (Å²) in [4.78, 5) is 36.8. The van der Waals surface area contributed by atoms with Gasteiger partial charge in [0.2, 0.25) is 0 Å². The fourth-order valence-corrected chi connectivity index (χ4v) is 5.02. The second kappa shape index (κ2) is 8.99. The number of aryl methyl sites for hydroxylation is 2. The number of thiazole rings is 1. The zero-order valence-corrected chi connectivity index (χ0v) is 20.4. The highest BCUT2D eigenvalue weighted by Gasteiger charge is 2.48. The number of Topliss-reactive ketones (excluding diaryl/α,β-unsaturated/α-hetero) is 1. The number of aliphatic hydroxyl groups is 1. The van der Waals surface area contributed by atoms with Crippen LogP contribution in [0.4, 0.5) is 5.13 Å². The molecule has 1 N–H and O–H groups in total. The molecule has 4 aromatic rings. The first-order chi connectivity index (χ1) is 16.9. The molecule has 1 fully saturated rings. The minimum absolute atomic E-state index is 0.0259. The number of ether oxygens (including phenoxy) is 1. The summed E-state index contributed by atoms with van der Waals surface area (Å²) in [7, 11) is 0. The van der Waals surface area contributed by atoms with E-state index in [2.05, 4.69) is 9.97 Å². The summed E-state index contributed by atoms with van der Waals surface area (Å²) < 4.78 is 7.65. The number of aromatic nitrogens is 3. The standard InChI is InChI=1S/C26H24N4O4S/c1-4-12-34-18-9-5-8-17(14-18)21-19(23(32)25(33)30(21)26-27-10-13-35-26)22(31)20-16(3)29-11-6-7-15(2)24(29)28-20/h5-11,13-14,21,31H,4,12H2,1-3H3. The highest BCUT2D eigenvalue weighted by atomic mass is 32.1. The van der Waals surface area contributed by atoms with Crippen LogP contribution in [-0.4, -0.2) is 37.8 Å². The average molecular weight is 489 g/mol. The first-order valence-electron chi connectivity index (χ1n) is 11.3. The van der Waals surface area contributed by atoms with E-state index in [1.165, 1.54) is 16.2 Å². The molecule has 1 saturated heterocycles. The van der Waals surface area contributed by atoms with Crippen LogP contribution in [0.3, 0.4) is 0 Å². The smallest absolute Gasteiger partial charge is 0.301 e. The quantitative estimate of drug-likeness (QED) is 0.237. The first-order valence-corrected chi connectivity index (χ1v) is 12.2. The van der Waals surface area contributed by atoms with Crippen molar-refractivity contribution in [3.05, 3.63) is 82.3 Å². The third-order valence-corrected chi connectivity index (χ3v) is 6.80. The van der Waals surface area contributed by atoms with Crippen LogP contribution in [-0.2, 0) is 9.59 Å². The van der Waals surface area contributed by atoms with Crippen LogP contribution in [0, 0.1) is 13.8 Å². The molecule has 3 aromatic heterocycles. The van der Waals surface area contributed by atoms with Crippen molar-refractivity contribution >= 4 is 39.6 Å². The van der Waals surface area contributed by atoms with E-state index in [1.54, 1.807) is 17.6 Å². The lowest BCUT2D eigenvalue weighted by molar-refractivity contribution is -0.132. The highest BCUT2D eigenvalue weighted by Crippen LogP contribution is 2.43. The van der Waals surface area contributed by atoms with Gasteiger partial charge in [-0.25, -0.2) is 9.97 Å². The maximum atomic E-state index is 13.4. The van der Waals surface area contributed by atoms with Gasteiger partial charge in [-0.3, -0.25) is 14.5 Å². The van der Waals surface area contributed by atoms with Gasteiger partial charge in [0.25, 0.3) is 5.78 Å². The Bertz CT molecular complexity index is 1470. The number of nitrogens with zero attached hydrogens (tertiary/aromatic N) is 4. The Morgan fingerprint density at radius 1 is 1.20 bits per heavy atom. The Hall–Kier alpha value is -3.98. The molecule has 0 aliphatic carbocycles. The van der Waals surface area contributed by atoms with E-state index < -0.39 is 17.7 Å². The summed E-state index contributed by atoms with van der Waals surface area (Å²) in [6.45, 7) is 6.30. The van der Waals surface area contributed by atoms with Crippen molar-refractivity contribution in [2.45, 2.75) is 33.2 Å². The zero-order chi connectivity index (χ0) is 24.7. The predicted octanol–water partition coefficient (Wildman–Crippen LogP) is 4.82. The molecule has 35 heavy (non-hydrogen) atoms. The van der Waals surface area contributed by atoms with Crippen LogP contribution in [0.15, 0.2) is 59.7 Å². The van der Waals surface area contributed by atoms with E-state index in [0.717, 1.165) is 12.0 Å². The van der Waals surface area contributed by atoms with Crippen molar-refractivity contribution in [2.24, 2.45) is 0 Å². The van der Waals surface area contributed by atoms with Crippen LogP contribution in [0.25, 0.3) is 11.4 Å². The number of hydrogen-bond donors (Lipinski definition) is 1. The second-order valence-electron chi connectivity index (χ2n) is 8.34. The lowest BCUT2D eigenvalue weighted by Gasteiger charge is -2.23. The second-order valence-corrected chi connectivity index (χ2v) is 9.21. The van der Waals surface area contributed by atoms with Crippen molar-refractivity contribution in [2.75, 3.05) is 11.5 Å². The van der Waals surface area contributed by atoms with Crippen molar-refractivity contribution in [3.63, 3.8) is 0 Å². The molecule has 8 nitrogen and oxygen atoms in total. The Balaban J connectivity index is 1.73. The molecule has 0 spiro atoms. The molecule has 4 heterocycles. The van der Waals surface area contributed by atoms with E-state index in [4.69, 9.17) is 4.74 Å². The fourth-order valence-electron chi connectivity index (χ4n) is 4.35. The average Bonchev–Trinajstić information content (AvgIpc) is 3.56. The molecule has 0 bridgehead atoms. The number of carbonyl (C=O) groups excluding carboxylic acids is 2. The van der Waals surface area contributed by atoms with Gasteiger partial charge in [-0.15, -0.1) is 11.3 Å². The number of pyridine rings is 1. The Kier molecular flexibility index (Phi) is 5.86. The Labute approximate surface area is 206 Å². The summed E-state index contributed by atoms with van der Waals surface area (Å²) >= 11 is 1.25. The number of fused-ring (bicyclic) bond motifs is 1. The summed E-state index contributed by atoms with van der Waals surface area (Å²) in [5.41, 5.74) is 3.14. The number of benzene rings is 1. The number of carbonyl (C=O) groups is 2. The van der Waals surface area contributed by atoms with Gasteiger partial charge >= 0.3 is 5.91 Å². The summed E-state index contributed by atoms with van der Waals surface area (Å²) in [5, 5.41) is 13.6. The van der Waals surface area contributed by atoms with Crippen molar-refractivity contribution in [3.8, 4) is 5.75 Å². The maximum absolute atomic E-state index is 13.4. The predicted molar refractivity (Wildman–Crippen MR) is 134 cm³/mol. The molecule has 178 valence electrons. The molecule has 0 saturated carbocycles. The van der Waals surface area contributed by atoms with Gasteiger partial charge in [-0.2, -0.15) is 0 Å². The lowest BCUT2D eigenvalue weighted by Crippen LogP contribution is -2.29. The largest absolute Gasteiger partial charge is 0.505 e. The van der Waals surface area contributed by atoms with Crippen LogP contribution in [0.1, 0.15) is 41.9 Å². The summed E-state index contributed by atoms with van der Waals surface area (Å²) in [6.07, 6.45) is 4.27. The van der Waals surface area contributed by atoms with Crippen molar-refractivity contribution < 1.29 is 19.4 Å². The number of anilines is 1. The van der Waals surface area contributed by atoms with Gasteiger partial charge in [-0.05, 0) is 49.6 Å².